The van der Waals surface area contributed by atoms with Gasteiger partial charge in [-0.2, -0.15) is 0 Å². The number of hydrogen-bond acceptors (Lipinski definition) is 4. The number of H-pyrrole nitrogens is 1. The van der Waals surface area contributed by atoms with E-state index in [0.29, 0.717) is 29.4 Å². The Balaban J connectivity index is 2.08. The summed E-state index contributed by atoms with van der Waals surface area (Å²) in [5.74, 6) is 0.145. The summed E-state index contributed by atoms with van der Waals surface area (Å²) in [6.45, 7) is 0.391. The van der Waals surface area contributed by atoms with Gasteiger partial charge in [-0.1, -0.05) is 11.6 Å². The molecule has 1 heterocycles. The van der Waals surface area contributed by atoms with E-state index >= 15 is 0 Å². The predicted octanol–water partition coefficient (Wildman–Crippen LogP) is 1.13. The zero-order valence-electron chi connectivity index (χ0n) is 11.8. The highest BCUT2D eigenvalue weighted by Gasteiger charge is 2.09. The van der Waals surface area contributed by atoms with Crippen LogP contribution < -0.4 is 10.9 Å². The summed E-state index contributed by atoms with van der Waals surface area (Å²) in [5.41, 5.74) is 0.678. The van der Waals surface area contributed by atoms with E-state index in [4.69, 9.17) is 16.7 Å². The molecule has 2 rings (SSSR count). The van der Waals surface area contributed by atoms with E-state index in [2.05, 4.69) is 15.3 Å². The average molecular weight is 322 g/mol. The topological polar surface area (TPSA) is 95.1 Å². The van der Waals surface area contributed by atoms with Crippen LogP contribution in [-0.2, 0) is 11.2 Å². The van der Waals surface area contributed by atoms with E-state index in [1.165, 1.54) is 6.20 Å². The molecule has 2 aromatic rings. The summed E-state index contributed by atoms with van der Waals surface area (Å²) in [7, 11) is 0. The summed E-state index contributed by atoms with van der Waals surface area (Å²) < 4.78 is 0. The highest BCUT2D eigenvalue weighted by molar-refractivity contribution is 6.30. The molecular weight excluding hydrogens is 306 g/mol. The quantitative estimate of drug-likeness (QED) is 0.695. The second-order valence-corrected chi connectivity index (χ2v) is 5.13. The maximum atomic E-state index is 12.0. The summed E-state index contributed by atoms with van der Waals surface area (Å²) in [5, 5.41) is 11.9. The third kappa shape index (κ3) is 4.41. The van der Waals surface area contributed by atoms with Gasteiger partial charge in [0.05, 0.1) is 6.42 Å². The van der Waals surface area contributed by atoms with Crippen molar-refractivity contribution < 1.29 is 9.90 Å². The van der Waals surface area contributed by atoms with Crippen LogP contribution in [0.1, 0.15) is 12.0 Å². The molecule has 0 aliphatic rings. The number of carbonyl (C=O) groups excluding carboxylic acids is 1. The second-order valence-electron chi connectivity index (χ2n) is 4.70. The first-order valence-corrected chi connectivity index (χ1v) is 7.19. The van der Waals surface area contributed by atoms with Crippen LogP contribution in [0.5, 0.6) is 0 Å². The first-order valence-electron chi connectivity index (χ1n) is 6.82. The van der Waals surface area contributed by atoms with Crippen LogP contribution in [0.4, 0.5) is 0 Å². The van der Waals surface area contributed by atoms with Crippen LogP contribution in [0.2, 0.25) is 5.02 Å². The molecule has 0 unspecified atom stereocenters. The average Bonchev–Trinajstić information content (AvgIpc) is 2.50. The summed E-state index contributed by atoms with van der Waals surface area (Å²) >= 11 is 5.81. The number of nitrogens with one attached hydrogen (secondary N) is 2. The van der Waals surface area contributed by atoms with E-state index < -0.39 is 0 Å². The van der Waals surface area contributed by atoms with Crippen molar-refractivity contribution in [3.63, 3.8) is 0 Å². The van der Waals surface area contributed by atoms with Crippen molar-refractivity contribution in [1.82, 2.24) is 15.3 Å². The Morgan fingerprint density at radius 1 is 1.32 bits per heavy atom. The van der Waals surface area contributed by atoms with Gasteiger partial charge in [0.1, 0.15) is 5.82 Å². The van der Waals surface area contributed by atoms with Gasteiger partial charge in [0, 0.05) is 35.5 Å². The highest BCUT2D eigenvalue weighted by Crippen LogP contribution is 2.16. The lowest BCUT2D eigenvalue weighted by atomic mass is 10.2. The van der Waals surface area contributed by atoms with Crippen LogP contribution in [0.15, 0.2) is 35.3 Å². The monoisotopic (exact) mass is 321 g/mol. The number of halogens is 1. The third-order valence-electron chi connectivity index (χ3n) is 3.00. The zero-order chi connectivity index (χ0) is 15.9. The molecule has 0 bridgehead atoms. The summed E-state index contributed by atoms with van der Waals surface area (Å²) in [4.78, 5) is 30.5. The highest BCUT2D eigenvalue weighted by atomic mass is 35.5. The second kappa shape index (κ2) is 7.72. The molecule has 1 amide bonds. The van der Waals surface area contributed by atoms with Gasteiger partial charge in [-0.25, -0.2) is 4.98 Å². The molecule has 0 saturated heterocycles. The van der Waals surface area contributed by atoms with Gasteiger partial charge in [-0.3, -0.25) is 9.59 Å². The maximum absolute atomic E-state index is 12.0. The zero-order valence-corrected chi connectivity index (χ0v) is 12.6. The Hall–Kier alpha value is -2.18. The largest absolute Gasteiger partial charge is 0.396 e. The van der Waals surface area contributed by atoms with E-state index in [0.717, 1.165) is 5.56 Å². The van der Waals surface area contributed by atoms with E-state index in [9.17, 15) is 9.59 Å². The van der Waals surface area contributed by atoms with Gasteiger partial charge in [-0.05, 0) is 30.7 Å². The Bertz CT molecular complexity index is 698. The smallest absolute Gasteiger partial charge is 0.254 e. The molecule has 0 aliphatic carbocycles. The van der Waals surface area contributed by atoms with Crippen molar-refractivity contribution in [2.24, 2.45) is 0 Å². The van der Waals surface area contributed by atoms with Gasteiger partial charge < -0.3 is 15.4 Å². The third-order valence-corrected chi connectivity index (χ3v) is 3.25. The molecule has 6 nitrogen and oxygen atoms in total. The van der Waals surface area contributed by atoms with E-state index in [-0.39, 0.29) is 24.5 Å². The van der Waals surface area contributed by atoms with Gasteiger partial charge in [0.15, 0.2) is 0 Å². The Kier molecular flexibility index (Phi) is 5.68. The molecule has 7 heteroatoms. The number of aliphatic hydroxyl groups is 1. The Labute approximate surface area is 132 Å². The van der Waals surface area contributed by atoms with Crippen molar-refractivity contribution >= 4 is 17.5 Å². The molecule has 1 aromatic carbocycles. The Morgan fingerprint density at radius 2 is 2.05 bits per heavy atom. The number of aromatic nitrogens is 2. The molecule has 0 saturated carbocycles. The fourth-order valence-electron chi connectivity index (χ4n) is 1.84. The van der Waals surface area contributed by atoms with Gasteiger partial charge >= 0.3 is 0 Å². The minimum Gasteiger partial charge on any atom is -0.396 e. The van der Waals surface area contributed by atoms with Crippen LogP contribution in [-0.4, -0.2) is 34.1 Å². The minimum atomic E-state index is -0.350. The molecule has 0 radical (unpaired) electrons. The lowest BCUT2D eigenvalue weighted by molar-refractivity contribution is -0.120. The number of hydrogen-bond donors (Lipinski definition) is 3. The van der Waals surface area contributed by atoms with Gasteiger partial charge in [0.2, 0.25) is 5.91 Å². The number of benzene rings is 1. The fraction of sp³-hybridized carbons (Fsp3) is 0.267. The molecule has 0 spiro atoms. The minimum absolute atomic E-state index is 0.0121. The van der Waals surface area contributed by atoms with Crippen molar-refractivity contribution in [2.45, 2.75) is 12.8 Å². The van der Waals surface area contributed by atoms with Gasteiger partial charge in [0.25, 0.3) is 5.56 Å². The first-order chi connectivity index (χ1) is 10.6. The number of aliphatic hydroxyl groups excluding tert-OH is 1. The normalized spacial score (nSPS) is 10.5. The molecule has 1 aromatic heterocycles. The van der Waals surface area contributed by atoms with Gasteiger partial charge in [-0.15, -0.1) is 0 Å². The van der Waals surface area contributed by atoms with E-state index in [1.54, 1.807) is 24.3 Å². The van der Waals surface area contributed by atoms with Crippen LogP contribution in [0.3, 0.4) is 0 Å². The van der Waals surface area contributed by atoms with E-state index in [1.807, 2.05) is 0 Å². The predicted molar refractivity (Wildman–Crippen MR) is 83.7 cm³/mol. The summed E-state index contributed by atoms with van der Waals surface area (Å²) in [6.07, 6.45) is 1.83. The SMILES string of the molecule is O=C(Cc1cnc(-c2ccc(Cl)cc2)[nH]c1=O)NCCCO. The van der Waals surface area contributed by atoms with Crippen molar-refractivity contribution in [1.29, 1.82) is 0 Å². The number of rotatable bonds is 6. The lowest BCUT2D eigenvalue weighted by Crippen LogP contribution is -2.29. The molecule has 3 N–H and O–H groups in total. The molecule has 0 aliphatic heterocycles. The maximum Gasteiger partial charge on any atom is 0.254 e. The first kappa shape index (κ1) is 16.2. The molecule has 0 atom stereocenters. The molecule has 22 heavy (non-hydrogen) atoms. The number of amides is 1. The molecule has 0 fully saturated rings. The number of nitrogens with zero attached hydrogens (tertiary/aromatic N) is 1. The molecular formula is C15H16ClN3O3. The van der Waals surface area contributed by atoms with Crippen molar-refractivity contribution in [3.05, 3.63) is 51.4 Å². The number of carbonyl (C=O) groups is 1. The Morgan fingerprint density at radius 3 is 2.68 bits per heavy atom. The number of aromatic amines is 1. The standard InChI is InChI=1S/C15H16ClN3O3/c16-12-4-2-10(3-5-12)14-18-9-11(15(22)19-14)8-13(21)17-6-1-7-20/h2-5,9,20H,1,6-8H2,(H,17,21)(H,18,19,22). The van der Waals surface area contributed by atoms with Crippen LogP contribution >= 0.6 is 11.6 Å². The summed E-state index contributed by atoms with van der Waals surface area (Å²) in [6, 6.07) is 6.92. The van der Waals surface area contributed by atoms with Crippen LogP contribution in [0, 0.1) is 0 Å². The fourth-order valence-corrected chi connectivity index (χ4v) is 1.97. The van der Waals surface area contributed by atoms with Crippen molar-refractivity contribution in [3.8, 4) is 11.4 Å². The molecule has 116 valence electrons. The van der Waals surface area contributed by atoms with Crippen molar-refractivity contribution in [2.75, 3.05) is 13.2 Å². The lowest BCUT2D eigenvalue weighted by Gasteiger charge is -2.05. The van der Waals surface area contributed by atoms with Crippen LogP contribution in [0.25, 0.3) is 11.4 Å².